The molecule has 0 aromatic carbocycles. The maximum absolute atomic E-state index is 12.1. The van der Waals surface area contributed by atoms with Crippen LogP contribution in [0.15, 0.2) is 0 Å². The fraction of sp³-hybridized carbons (Fsp3) is 0.917. The van der Waals surface area contributed by atoms with Crippen molar-refractivity contribution >= 4 is 5.97 Å². The van der Waals surface area contributed by atoms with Crippen LogP contribution in [0.2, 0.25) is 0 Å². The van der Waals surface area contributed by atoms with Crippen molar-refractivity contribution in [3.8, 4) is 0 Å². The smallest absolute Gasteiger partial charge is 0.329 e. The Kier molecular flexibility index (Phi) is 5.22. The van der Waals surface area contributed by atoms with E-state index >= 15 is 0 Å². The number of ether oxygens (including phenoxy) is 2. The van der Waals surface area contributed by atoms with Crippen LogP contribution in [0.1, 0.15) is 33.1 Å². The minimum Gasteiger partial charge on any atom is -0.465 e. The predicted molar refractivity (Wildman–Crippen MR) is 62.3 cm³/mol. The van der Waals surface area contributed by atoms with Crippen LogP contribution in [0, 0.1) is 5.92 Å². The average molecular weight is 229 g/mol. The van der Waals surface area contributed by atoms with Crippen molar-refractivity contribution in [1.29, 1.82) is 0 Å². The molecule has 1 aliphatic carbocycles. The van der Waals surface area contributed by atoms with Crippen molar-refractivity contribution in [3.05, 3.63) is 0 Å². The molecule has 1 fully saturated rings. The highest BCUT2D eigenvalue weighted by atomic mass is 16.5. The van der Waals surface area contributed by atoms with Crippen LogP contribution in [0.5, 0.6) is 0 Å². The zero-order chi connectivity index (χ0) is 12.0. The van der Waals surface area contributed by atoms with Crippen LogP contribution >= 0.6 is 0 Å². The van der Waals surface area contributed by atoms with Gasteiger partial charge in [0, 0.05) is 7.11 Å². The summed E-state index contributed by atoms with van der Waals surface area (Å²) in [6.07, 6.45) is 3.16. The number of carbonyl (C=O) groups is 1. The Morgan fingerprint density at radius 1 is 1.44 bits per heavy atom. The lowest BCUT2D eigenvalue weighted by atomic mass is 9.94. The van der Waals surface area contributed by atoms with E-state index in [1.165, 1.54) is 0 Å². The van der Waals surface area contributed by atoms with Gasteiger partial charge in [0.15, 0.2) is 0 Å². The third-order valence-electron chi connectivity index (χ3n) is 2.98. The summed E-state index contributed by atoms with van der Waals surface area (Å²) in [5.74, 6) is 0.214. The number of hydrogen-bond acceptors (Lipinski definition) is 4. The largest absolute Gasteiger partial charge is 0.465 e. The molecule has 0 bridgehead atoms. The van der Waals surface area contributed by atoms with Gasteiger partial charge in [0.05, 0.1) is 13.2 Å². The van der Waals surface area contributed by atoms with E-state index in [1.54, 1.807) is 7.11 Å². The van der Waals surface area contributed by atoms with Crippen molar-refractivity contribution < 1.29 is 14.3 Å². The number of nitrogens with one attached hydrogen (secondary N) is 1. The number of hydrogen-bond donors (Lipinski definition) is 1. The van der Waals surface area contributed by atoms with E-state index in [4.69, 9.17) is 9.47 Å². The van der Waals surface area contributed by atoms with Gasteiger partial charge < -0.3 is 9.47 Å². The van der Waals surface area contributed by atoms with Gasteiger partial charge >= 0.3 is 5.97 Å². The van der Waals surface area contributed by atoms with Crippen LogP contribution in [0.3, 0.4) is 0 Å². The summed E-state index contributed by atoms with van der Waals surface area (Å²) in [6, 6.07) is 0. The summed E-state index contributed by atoms with van der Waals surface area (Å²) in [5.41, 5.74) is -0.610. The molecule has 1 aliphatic rings. The van der Waals surface area contributed by atoms with Crippen LogP contribution in [-0.4, -0.2) is 38.4 Å². The molecule has 0 amide bonds. The number of methoxy groups -OCH3 is 1. The molecular formula is C12H23NO3. The van der Waals surface area contributed by atoms with Gasteiger partial charge in [0.1, 0.15) is 5.54 Å². The van der Waals surface area contributed by atoms with Gasteiger partial charge in [-0.1, -0.05) is 6.92 Å². The molecule has 1 rings (SSSR count). The fourth-order valence-electron chi connectivity index (χ4n) is 2.02. The summed E-state index contributed by atoms with van der Waals surface area (Å²) >= 11 is 0. The first-order valence-corrected chi connectivity index (χ1v) is 6.12. The quantitative estimate of drug-likeness (QED) is 0.638. The molecule has 1 atom stereocenters. The van der Waals surface area contributed by atoms with Crippen LogP contribution in [-0.2, 0) is 14.3 Å². The van der Waals surface area contributed by atoms with E-state index in [9.17, 15) is 4.79 Å². The van der Waals surface area contributed by atoms with Crippen molar-refractivity contribution in [2.24, 2.45) is 5.92 Å². The maximum Gasteiger partial charge on any atom is 0.329 e. The number of carbonyl (C=O) groups excluding carboxylic acids is 1. The summed E-state index contributed by atoms with van der Waals surface area (Å²) in [4.78, 5) is 12.1. The summed E-state index contributed by atoms with van der Waals surface area (Å²) in [7, 11) is 1.63. The number of esters is 1. The van der Waals surface area contributed by atoms with Gasteiger partial charge in [-0.3, -0.25) is 5.32 Å². The van der Waals surface area contributed by atoms with E-state index in [1.807, 2.05) is 6.92 Å². The molecule has 1 unspecified atom stereocenters. The summed E-state index contributed by atoms with van der Waals surface area (Å²) in [5, 5.41) is 3.33. The monoisotopic (exact) mass is 229 g/mol. The molecule has 1 saturated carbocycles. The lowest BCUT2D eigenvalue weighted by molar-refractivity contribution is -0.155. The Bertz CT molecular complexity index is 228. The zero-order valence-corrected chi connectivity index (χ0v) is 10.5. The van der Waals surface area contributed by atoms with E-state index in [0.717, 1.165) is 25.8 Å². The highest BCUT2D eigenvalue weighted by Gasteiger charge is 2.51. The Labute approximate surface area is 97.7 Å². The predicted octanol–water partition coefficient (Wildman–Crippen LogP) is 1.34. The SMILES string of the molecule is CCCNC(COC)(C(=O)OCC)C1CC1. The molecule has 94 valence electrons. The van der Waals surface area contributed by atoms with E-state index < -0.39 is 5.54 Å². The van der Waals surface area contributed by atoms with Crippen molar-refractivity contribution in [2.75, 3.05) is 26.9 Å². The lowest BCUT2D eigenvalue weighted by Gasteiger charge is -2.32. The van der Waals surface area contributed by atoms with E-state index in [-0.39, 0.29) is 5.97 Å². The fourth-order valence-corrected chi connectivity index (χ4v) is 2.02. The van der Waals surface area contributed by atoms with Gasteiger partial charge in [0.25, 0.3) is 0 Å². The molecule has 0 aromatic rings. The first kappa shape index (κ1) is 13.5. The first-order valence-electron chi connectivity index (χ1n) is 6.12. The molecule has 0 spiro atoms. The second-order valence-electron chi connectivity index (χ2n) is 4.33. The Hall–Kier alpha value is -0.610. The molecule has 0 aromatic heterocycles. The lowest BCUT2D eigenvalue weighted by Crippen LogP contribution is -2.58. The van der Waals surface area contributed by atoms with Gasteiger partial charge in [-0.05, 0) is 38.6 Å². The van der Waals surface area contributed by atoms with Crippen LogP contribution in [0.25, 0.3) is 0 Å². The highest BCUT2D eigenvalue weighted by molar-refractivity contribution is 5.82. The molecular weight excluding hydrogens is 206 g/mol. The summed E-state index contributed by atoms with van der Waals surface area (Å²) < 4.78 is 10.4. The molecule has 0 saturated heterocycles. The first-order chi connectivity index (χ1) is 7.71. The molecule has 4 nitrogen and oxygen atoms in total. The molecule has 0 aliphatic heterocycles. The van der Waals surface area contributed by atoms with Crippen molar-refractivity contribution in [2.45, 2.75) is 38.6 Å². The van der Waals surface area contributed by atoms with Gasteiger partial charge in [-0.15, -0.1) is 0 Å². The van der Waals surface area contributed by atoms with Crippen LogP contribution < -0.4 is 5.32 Å². The third kappa shape index (κ3) is 2.95. The summed E-state index contributed by atoms with van der Waals surface area (Å²) in [6.45, 7) is 5.56. The molecule has 0 heterocycles. The maximum atomic E-state index is 12.1. The third-order valence-corrected chi connectivity index (χ3v) is 2.98. The zero-order valence-electron chi connectivity index (χ0n) is 10.5. The standard InChI is InChI=1S/C12H23NO3/c1-4-8-13-12(9-15-3,10-6-7-10)11(14)16-5-2/h10,13H,4-9H2,1-3H3. The van der Waals surface area contributed by atoms with Crippen molar-refractivity contribution in [3.63, 3.8) is 0 Å². The van der Waals surface area contributed by atoms with Gasteiger partial charge in [-0.25, -0.2) is 4.79 Å². The molecule has 0 radical (unpaired) electrons. The van der Waals surface area contributed by atoms with Crippen LogP contribution in [0.4, 0.5) is 0 Å². The normalized spacial score (nSPS) is 19.2. The topological polar surface area (TPSA) is 47.6 Å². The van der Waals surface area contributed by atoms with E-state index in [0.29, 0.717) is 19.1 Å². The molecule has 1 N–H and O–H groups in total. The average Bonchev–Trinajstić information content (AvgIpc) is 3.08. The Balaban J connectivity index is 2.73. The molecule has 4 heteroatoms. The minimum absolute atomic E-state index is 0.159. The Morgan fingerprint density at radius 3 is 2.56 bits per heavy atom. The highest BCUT2D eigenvalue weighted by Crippen LogP contribution is 2.40. The van der Waals surface area contributed by atoms with E-state index in [2.05, 4.69) is 12.2 Å². The second-order valence-corrected chi connectivity index (χ2v) is 4.33. The van der Waals surface area contributed by atoms with Gasteiger partial charge in [0.2, 0.25) is 0 Å². The minimum atomic E-state index is -0.610. The van der Waals surface area contributed by atoms with Crippen molar-refractivity contribution in [1.82, 2.24) is 5.32 Å². The molecule has 16 heavy (non-hydrogen) atoms. The van der Waals surface area contributed by atoms with Gasteiger partial charge in [-0.2, -0.15) is 0 Å². The second kappa shape index (κ2) is 6.21. The Morgan fingerprint density at radius 2 is 2.12 bits per heavy atom. The number of rotatable bonds is 8.